The first-order valence-corrected chi connectivity index (χ1v) is 15.2. The number of carbonyl (C=O) groups is 4. The van der Waals surface area contributed by atoms with Crippen LogP contribution in [0.5, 0.6) is 11.5 Å². The van der Waals surface area contributed by atoms with Crippen molar-refractivity contribution in [3.63, 3.8) is 0 Å². The molecule has 1 fully saturated rings. The molecule has 1 heterocycles. The van der Waals surface area contributed by atoms with Crippen LogP contribution in [0.25, 0.3) is 0 Å². The lowest BCUT2D eigenvalue weighted by Crippen LogP contribution is -2.58. The summed E-state index contributed by atoms with van der Waals surface area (Å²) in [5.74, 6) is -2.00. The number of esters is 1. The van der Waals surface area contributed by atoms with Gasteiger partial charge >= 0.3 is 12.1 Å². The molecule has 12 heteroatoms. The average molecular weight is 649 g/mol. The summed E-state index contributed by atoms with van der Waals surface area (Å²) in [6.45, 7) is 3.85. The lowest BCUT2D eigenvalue weighted by molar-refractivity contribution is -0.0416. The van der Waals surface area contributed by atoms with Gasteiger partial charge in [-0.15, -0.1) is 0 Å². The van der Waals surface area contributed by atoms with Crippen molar-refractivity contribution in [2.24, 2.45) is 5.92 Å². The molecule has 3 aromatic rings. The third-order valence-electron chi connectivity index (χ3n) is 7.81. The number of hydrogen-bond acceptors (Lipinski definition) is 9. The number of ketones is 1. The summed E-state index contributed by atoms with van der Waals surface area (Å²) in [5, 5.41) is 13.1. The molecule has 250 valence electrons. The molecule has 0 bridgehead atoms. The molecular formula is C35H40N2O10. The maximum Gasteiger partial charge on any atom is 0.410 e. The molecule has 0 spiro atoms. The van der Waals surface area contributed by atoms with Crippen molar-refractivity contribution < 1.29 is 48.0 Å². The lowest BCUT2D eigenvalue weighted by Gasteiger charge is -2.35. The highest BCUT2D eigenvalue weighted by Gasteiger charge is 2.45. The zero-order valence-electron chi connectivity index (χ0n) is 26.8. The van der Waals surface area contributed by atoms with Crippen LogP contribution in [-0.4, -0.2) is 80.4 Å². The number of rotatable bonds is 13. The minimum absolute atomic E-state index is 0.0188. The Hall–Kier alpha value is -4.94. The highest BCUT2D eigenvalue weighted by atomic mass is 16.7. The molecule has 1 saturated heterocycles. The molecule has 3 unspecified atom stereocenters. The van der Waals surface area contributed by atoms with Crippen LogP contribution in [0.2, 0.25) is 0 Å². The number of nitrogens with one attached hydrogen (secondary N) is 1. The maximum absolute atomic E-state index is 14.6. The van der Waals surface area contributed by atoms with E-state index in [0.29, 0.717) is 5.75 Å². The van der Waals surface area contributed by atoms with Crippen molar-refractivity contribution in [1.29, 1.82) is 0 Å². The lowest BCUT2D eigenvalue weighted by atomic mass is 9.85. The van der Waals surface area contributed by atoms with Crippen LogP contribution < -0.4 is 14.8 Å². The number of Topliss-reactive ketones (excluding diaryl/α,β-unsaturated/α-hetero) is 1. The molecule has 1 aliphatic heterocycles. The molecule has 3 atom stereocenters. The molecule has 47 heavy (non-hydrogen) atoms. The number of benzene rings is 3. The van der Waals surface area contributed by atoms with Gasteiger partial charge in [0, 0.05) is 32.2 Å². The fourth-order valence-corrected chi connectivity index (χ4v) is 5.35. The zero-order chi connectivity index (χ0) is 33.9. The number of likely N-dealkylation sites (tertiary alicyclic amines) is 1. The van der Waals surface area contributed by atoms with Gasteiger partial charge in [-0.2, -0.15) is 0 Å². The summed E-state index contributed by atoms with van der Waals surface area (Å²) < 4.78 is 27.0. The highest BCUT2D eigenvalue weighted by Crippen LogP contribution is 2.33. The van der Waals surface area contributed by atoms with E-state index in [1.54, 1.807) is 42.5 Å². The van der Waals surface area contributed by atoms with E-state index in [1.165, 1.54) is 38.5 Å². The molecule has 0 aromatic heterocycles. The highest BCUT2D eigenvalue weighted by molar-refractivity contribution is 6.02. The van der Waals surface area contributed by atoms with Crippen LogP contribution >= 0.6 is 0 Å². The Kier molecular flexibility index (Phi) is 12.3. The zero-order valence-corrected chi connectivity index (χ0v) is 26.8. The molecule has 0 saturated carbocycles. The van der Waals surface area contributed by atoms with E-state index in [4.69, 9.17) is 23.7 Å². The number of carbonyl (C=O) groups excluding carboxylic acids is 3. The van der Waals surface area contributed by atoms with Crippen molar-refractivity contribution in [3.8, 4) is 11.5 Å². The smallest absolute Gasteiger partial charge is 0.410 e. The van der Waals surface area contributed by atoms with E-state index >= 15 is 0 Å². The number of hydrogen-bond donors (Lipinski definition) is 2. The third-order valence-corrected chi connectivity index (χ3v) is 7.81. The fraction of sp³-hybridized carbons (Fsp3) is 0.371. The van der Waals surface area contributed by atoms with Crippen LogP contribution in [0, 0.1) is 5.92 Å². The quantitative estimate of drug-likeness (QED) is 0.141. The first-order chi connectivity index (χ1) is 22.6. The molecule has 1 aliphatic rings. The van der Waals surface area contributed by atoms with Crippen LogP contribution in [0.1, 0.15) is 69.2 Å². The van der Waals surface area contributed by atoms with E-state index in [9.17, 15) is 24.3 Å². The molecule has 3 aromatic carbocycles. The Bertz CT molecular complexity index is 1530. The topological polar surface area (TPSA) is 150 Å². The second-order valence-electron chi connectivity index (χ2n) is 11.3. The molecule has 0 aliphatic carbocycles. The van der Waals surface area contributed by atoms with E-state index < -0.39 is 41.9 Å². The fourth-order valence-electron chi connectivity index (χ4n) is 5.35. The Labute approximate surface area is 273 Å². The predicted molar refractivity (Wildman–Crippen MR) is 171 cm³/mol. The van der Waals surface area contributed by atoms with Gasteiger partial charge in [0.15, 0.2) is 19.4 Å². The van der Waals surface area contributed by atoms with Crippen LogP contribution in [0.3, 0.4) is 0 Å². The van der Waals surface area contributed by atoms with Gasteiger partial charge in [-0.3, -0.25) is 14.5 Å². The average Bonchev–Trinajstić information content (AvgIpc) is 3.25. The van der Waals surface area contributed by atoms with E-state index in [0.717, 1.165) is 10.5 Å². The van der Waals surface area contributed by atoms with E-state index in [1.807, 2.05) is 19.9 Å². The van der Waals surface area contributed by atoms with Crippen molar-refractivity contribution in [2.45, 2.75) is 44.9 Å². The van der Waals surface area contributed by atoms with Gasteiger partial charge in [-0.05, 0) is 72.9 Å². The Balaban J connectivity index is 1.79. The Morgan fingerprint density at radius 2 is 1.57 bits per heavy atom. The van der Waals surface area contributed by atoms with Gasteiger partial charge in [0.05, 0.1) is 17.2 Å². The standard InChI is InChI=1S/C35H40N2O10/c1-22(2)25-14-17-29(46-21-44-4)28(19-25)31(38)27-11-8-18-37(35(41)42)33(47-34(40)24-9-6-5-7-10-24)30(27)36-32(39)23-12-15-26(16-13-23)45-20-43-3/h5-7,9-10,12-17,19,22,27,30,33H,8,11,18,20-21H2,1-4H3,(H,36,39)(H,41,42). The van der Waals surface area contributed by atoms with Crippen molar-refractivity contribution >= 4 is 23.8 Å². The summed E-state index contributed by atoms with van der Waals surface area (Å²) in [6.07, 6.45) is -2.46. The number of nitrogens with zero attached hydrogens (tertiary/aromatic N) is 1. The number of amides is 2. The number of methoxy groups -OCH3 is 2. The van der Waals surface area contributed by atoms with Crippen molar-refractivity contribution in [1.82, 2.24) is 10.2 Å². The minimum atomic E-state index is -1.54. The summed E-state index contributed by atoms with van der Waals surface area (Å²) >= 11 is 0. The Morgan fingerprint density at radius 1 is 0.894 bits per heavy atom. The largest absolute Gasteiger partial charge is 0.468 e. The van der Waals surface area contributed by atoms with Gasteiger partial charge in [-0.25, -0.2) is 9.59 Å². The summed E-state index contributed by atoms with van der Waals surface area (Å²) in [6, 6.07) is 18.3. The molecule has 2 N–H and O–H groups in total. The van der Waals surface area contributed by atoms with Gasteiger partial charge in [0.1, 0.15) is 11.5 Å². The van der Waals surface area contributed by atoms with E-state index in [-0.39, 0.29) is 61.3 Å². The molecule has 12 nitrogen and oxygen atoms in total. The monoisotopic (exact) mass is 648 g/mol. The van der Waals surface area contributed by atoms with Crippen LogP contribution in [-0.2, 0) is 14.2 Å². The maximum atomic E-state index is 14.6. The summed E-state index contributed by atoms with van der Waals surface area (Å²) in [4.78, 5) is 55.2. The second-order valence-corrected chi connectivity index (χ2v) is 11.3. The molecular weight excluding hydrogens is 608 g/mol. The first kappa shape index (κ1) is 34.9. The third kappa shape index (κ3) is 8.87. The summed E-state index contributed by atoms with van der Waals surface area (Å²) in [5.41, 5.74) is 1.52. The van der Waals surface area contributed by atoms with Gasteiger partial charge in [0.2, 0.25) is 6.23 Å². The number of carboxylic acid groups (broad SMARTS) is 1. The van der Waals surface area contributed by atoms with E-state index in [2.05, 4.69) is 5.32 Å². The minimum Gasteiger partial charge on any atom is -0.468 e. The van der Waals surface area contributed by atoms with Crippen molar-refractivity contribution in [2.75, 3.05) is 34.4 Å². The SMILES string of the molecule is COCOc1ccc(C(=O)NC2C(C(=O)c3cc(C(C)C)ccc3OCOC)CCCN(C(=O)O)C2OC(=O)c2ccccc2)cc1. The van der Waals surface area contributed by atoms with Gasteiger partial charge in [-0.1, -0.05) is 38.1 Å². The normalized spacial score (nSPS) is 17.8. The summed E-state index contributed by atoms with van der Waals surface area (Å²) in [7, 11) is 2.95. The van der Waals surface area contributed by atoms with Gasteiger partial charge < -0.3 is 34.1 Å². The molecule has 0 radical (unpaired) electrons. The molecule has 4 rings (SSSR count). The predicted octanol–water partition coefficient (Wildman–Crippen LogP) is 5.33. The van der Waals surface area contributed by atoms with Crippen LogP contribution in [0.4, 0.5) is 4.79 Å². The Morgan fingerprint density at radius 3 is 2.21 bits per heavy atom. The molecule has 2 amide bonds. The van der Waals surface area contributed by atoms with Crippen molar-refractivity contribution in [3.05, 3.63) is 95.1 Å². The second kappa shape index (κ2) is 16.6. The van der Waals surface area contributed by atoms with Crippen LogP contribution in [0.15, 0.2) is 72.8 Å². The first-order valence-electron chi connectivity index (χ1n) is 15.2. The number of ether oxygens (including phenoxy) is 5. The van der Waals surface area contributed by atoms with Gasteiger partial charge in [0.25, 0.3) is 5.91 Å².